The van der Waals surface area contributed by atoms with Crippen LogP contribution in [0, 0.1) is 6.92 Å². The van der Waals surface area contributed by atoms with Crippen molar-refractivity contribution < 1.29 is 4.79 Å². The number of nitrogens with zero attached hydrogens (tertiary/aromatic N) is 2. The van der Waals surface area contributed by atoms with Gasteiger partial charge in [-0.05, 0) is 25.0 Å². The Morgan fingerprint density at radius 1 is 1.29 bits per heavy atom. The number of hydrogen-bond acceptors (Lipinski definition) is 3. The van der Waals surface area contributed by atoms with Crippen molar-refractivity contribution in [2.24, 2.45) is 0 Å². The number of carbonyl (C=O) groups excluding carboxylic acids is 1. The van der Waals surface area contributed by atoms with Crippen molar-refractivity contribution in [2.75, 3.05) is 6.54 Å². The van der Waals surface area contributed by atoms with Crippen molar-refractivity contribution in [3.63, 3.8) is 0 Å². The van der Waals surface area contributed by atoms with E-state index < -0.39 is 0 Å². The van der Waals surface area contributed by atoms with Gasteiger partial charge in [-0.25, -0.2) is 0 Å². The Morgan fingerprint density at radius 2 is 2.14 bits per heavy atom. The lowest BCUT2D eigenvalue weighted by Crippen LogP contribution is -2.26. The molecule has 0 spiro atoms. The first-order chi connectivity index (χ1) is 10.3. The summed E-state index contributed by atoms with van der Waals surface area (Å²) >= 11 is 0. The number of hydrogen-bond donors (Lipinski definition) is 2. The fourth-order valence-corrected chi connectivity index (χ4v) is 2.35. The van der Waals surface area contributed by atoms with E-state index in [1.807, 2.05) is 37.3 Å². The molecule has 0 unspecified atom stereocenters. The second kappa shape index (κ2) is 5.75. The third kappa shape index (κ3) is 2.76. The van der Waals surface area contributed by atoms with E-state index in [1.165, 1.54) is 0 Å². The van der Waals surface area contributed by atoms with E-state index in [0.29, 0.717) is 12.1 Å². The van der Waals surface area contributed by atoms with Gasteiger partial charge in [0.15, 0.2) is 0 Å². The third-order valence-corrected chi connectivity index (χ3v) is 3.47. The van der Waals surface area contributed by atoms with Gasteiger partial charge in [0.25, 0.3) is 5.91 Å². The number of nitrogens with one attached hydrogen (secondary N) is 2. The highest BCUT2D eigenvalue weighted by Gasteiger charge is 2.10. The third-order valence-electron chi connectivity index (χ3n) is 3.47. The lowest BCUT2D eigenvalue weighted by atomic mass is 10.1. The first kappa shape index (κ1) is 13.3. The monoisotopic (exact) mass is 280 g/mol. The molecule has 0 atom stereocenters. The molecule has 3 rings (SSSR count). The van der Waals surface area contributed by atoms with Crippen LogP contribution in [0.25, 0.3) is 10.9 Å². The summed E-state index contributed by atoms with van der Waals surface area (Å²) in [6.07, 6.45) is 4.08. The van der Waals surface area contributed by atoms with Crippen LogP contribution in [0.1, 0.15) is 21.6 Å². The fourth-order valence-electron chi connectivity index (χ4n) is 2.35. The van der Waals surface area contributed by atoms with E-state index in [1.54, 1.807) is 12.4 Å². The molecule has 2 heterocycles. The summed E-state index contributed by atoms with van der Waals surface area (Å²) in [4.78, 5) is 16.4. The van der Waals surface area contributed by atoms with Crippen LogP contribution >= 0.6 is 0 Å². The number of amides is 1. The summed E-state index contributed by atoms with van der Waals surface area (Å²) in [5.74, 6) is -0.102. The molecule has 0 radical (unpaired) electrons. The molecule has 2 N–H and O–H groups in total. The molecule has 5 heteroatoms. The smallest absolute Gasteiger partial charge is 0.254 e. The quantitative estimate of drug-likeness (QED) is 0.770. The van der Waals surface area contributed by atoms with Gasteiger partial charge < -0.3 is 5.32 Å². The average Bonchev–Trinajstić information content (AvgIpc) is 2.93. The van der Waals surface area contributed by atoms with E-state index in [4.69, 9.17) is 0 Å². The van der Waals surface area contributed by atoms with Gasteiger partial charge in [0.2, 0.25) is 0 Å². The Labute approximate surface area is 122 Å². The van der Waals surface area contributed by atoms with Crippen molar-refractivity contribution in [1.82, 2.24) is 20.5 Å². The minimum Gasteiger partial charge on any atom is -0.352 e. The largest absolute Gasteiger partial charge is 0.352 e. The van der Waals surface area contributed by atoms with Crippen molar-refractivity contribution in [1.29, 1.82) is 0 Å². The number of benzene rings is 1. The Morgan fingerprint density at radius 3 is 2.95 bits per heavy atom. The highest BCUT2D eigenvalue weighted by molar-refractivity contribution is 5.95. The van der Waals surface area contributed by atoms with E-state index in [0.717, 1.165) is 28.6 Å². The highest BCUT2D eigenvalue weighted by Crippen LogP contribution is 2.16. The van der Waals surface area contributed by atoms with Crippen LogP contribution in [0.5, 0.6) is 0 Å². The normalized spacial score (nSPS) is 10.7. The van der Waals surface area contributed by atoms with Crippen LogP contribution in [0.3, 0.4) is 0 Å². The van der Waals surface area contributed by atoms with E-state index in [-0.39, 0.29) is 5.91 Å². The van der Waals surface area contributed by atoms with Crippen LogP contribution in [0.2, 0.25) is 0 Å². The first-order valence-corrected chi connectivity index (χ1v) is 6.86. The second-order valence-electron chi connectivity index (χ2n) is 4.91. The molecule has 5 nitrogen and oxygen atoms in total. The van der Waals surface area contributed by atoms with Crippen molar-refractivity contribution in [3.05, 3.63) is 59.5 Å². The molecule has 21 heavy (non-hydrogen) atoms. The molecular weight excluding hydrogens is 264 g/mol. The molecule has 3 aromatic rings. The number of H-pyrrole nitrogens is 1. The van der Waals surface area contributed by atoms with Gasteiger partial charge in [0, 0.05) is 23.8 Å². The molecule has 0 saturated carbocycles. The van der Waals surface area contributed by atoms with Crippen LogP contribution in [0.15, 0.2) is 42.7 Å². The molecule has 0 saturated heterocycles. The molecule has 0 fully saturated rings. The maximum atomic E-state index is 12.0. The fraction of sp³-hybridized carbons (Fsp3) is 0.188. The summed E-state index contributed by atoms with van der Waals surface area (Å²) in [5.41, 5.74) is 3.50. The molecule has 2 aromatic heterocycles. The highest BCUT2D eigenvalue weighted by atomic mass is 16.1. The Kier molecular flexibility index (Phi) is 3.64. The molecule has 0 bridgehead atoms. The molecule has 1 aromatic carbocycles. The lowest BCUT2D eigenvalue weighted by molar-refractivity contribution is 0.0953. The summed E-state index contributed by atoms with van der Waals surface area (Å²) in [6, 6.07) is 10.1. The molecule has 1 amide bonds. The average molecular weight is 280 g/mol. The SMILES string of the molecule is Cc1[nH]ncc1C(=O)NCCc1cccc2cccnc12. The number of aryl methyl sites for hydroxylation is 1. The van der Waals surface area contributed by atoms with Crippen LogP contribution in [0.4, 0.5) is 0 Å². The number of carbonyl (C=O) groups is 1. The number of pyridine rings is 1. The molecule has 106 valence electrons. The zero-order chi connectivity index (χ0) is 14.7. The van der Waals surface area contributed by atoms with Crippen molar-refractivity contribution >= 4 is 16.8 Å². The molecule has 0 aliphatic heterocycles. The Bertz CT molecular complexity index is 773. The molecular formula is C16H16N4O. The van der Waals surface area contributed by atoms with Crippen molar-refractivity contribution in [3.8, 4) is 0 Å². The zero-order valence-corrected chi connectivity index (χ0v) is 11.8. The van der Waals surface area contributed by atoms with Gasteiger partial charge in [-0.2, -0.15) is 5.10 Å². The van der Waals surface area contributed by atoms with E-state index >= 15 is 0 Å². The number of aromatic nitrogens is 3. The van der Waals surface area contributed by atoms with Gasteiger partial charge in [-0.15, -0.1) is 0 Å². The van der Waals surface area contributed by atoms with Gasteiger partial charge in [-0.1, -0.05) is 24.3 Å². The number of aromatic amines is 1. The van der Waals surface area contributed by atoms with E-state index in [9.17, 15) is 4.79 Å². The predicted molar refractivity (Wildman–Crippen MR) is 81.1 cm³/mol. The van der Waals surface area contributed by atoms with Crippen molar-refractivity contribution in [2.45, 2.75) is 13.3 Å². The Balaban J connectivity index is 1.67. The van der Waals surface area contributed by atoms with Gasteiger partial charge in [0.1, 0.15) is 0 Å². The lowest BCUT2D eigenvalue weighted by Gasteiger charge is -2.07. The zero-order valence-electron chi connectivity index (χ0n) is 11.8. The summed E-state index contributed by atoms with van der Waals surface area (Å²) in [7, 11) is 0. The predicted octanol–water partition coefficient (Wildman–Crippen LogP) is 2.24. The summed E-state index contributed by atoms with van der Waals surface area (Å²) in [5, 5.41) is 10.6. The van der Waals surface area contributed by atoms with Crippen LogP contribution in [-0.2, 0) is 6.42 Å². The second-order valence-corrected chi connectivity index (χ2v) is 4.91. The van der Waals surface area contributed by atoms with Crippen LogP contribution in [-0.4, -0.2) is 27.6 Å². The molecule has 0 aliphatic carbocycles. The Hall–Kier alpha value is -2.69. The van der Waals surface area contributed by atoms with E-state index in [2.05, 4.69) is 20.5 Å². The number of rotatable bonds is 4. The minimum atomic E-state index is -0.102. The maximum absolute atomic E-state index is 12.0. The van der Waals surface area contributed by atoms with Crippen LogP contribution < -0.4 is 5.32 Å². The first-order valence-electron chi connectivity index (χ1n) is 6.86. The summed E-state index contributed by atoms with van der Waals surface area (Å²) < 4.78 is 0. The molecule has 0 aliphatic rings. The standard InChI is InChI=1S/C16H16N4O/c1-11-14(10-19-20-11)16(21)18-9-7-13-5-2-4-12-6-3-8-17-15(12)13/h2-6,8,10H,7,9H2,1H3,(H,18,21)(H,19,20). The number of fused-ring (bicyclic) bond motifs is 1. The van der Waals surface area contributed by atoms with Gasteiger partial charge in [0.05, 0.1) is 17.3 Å². The topological polar surface area (TPSA) is 70.7 Å². The summed E-state index contributed by atoms with van der Waals surface area (Å²) in [6.45, 7) is 2.40. The minimum absolute atomic E-state index is 0.102. The number of para-hydroxylation sites is 1. The van der Waals surface area contributed by atoms with Gasteiger partial charge >= 0.3 is 0 Å². The maximum Gasteiger partial charge on any atom is 0.254 e. The van der Waals surface area contributed by atoms with Gasteiger partial charge in [-0.3, -0.25) is 14.9 Å².